The van der Waals surface area contributed by atoms with Crippen LogP contribution in [0.15, 0.2) is 12.1 Å². The zero-order valence-electron chi connectivity index (χ0n) is 18.0. The van der Waals surface area contributed by atoms with Gasteiger partial charge in [0.15, 0.2) is 0 Å². The first kappa shape index (κ1) is 40.7. The quantitative estimate of drug-likeness (QED) is 0.119. The summed E-state index contributed by atoms with van der Waals surface area (Å²) < 4.78 is 359. The van der Waals surface area contributed by atoms with Gasteiger partial charge < -0.3 is 4.74 Å². The number of halogens is 25. The number of rotatable bonds is 13. The molecule has 4 nitrogen and oxygen atoms in total. The predicted octanol–water partition coefficient (Wildman–Crippen LogP) is 7.83. The Kier molecular flexibility index (Phi) is 9.57. The SMILES string of the molecule is O=S(=O)(O)C(F)(F)C(F)(F)C(F)(F)C(F)(F)C(F)(F)C(F)(F)C(F)(F)C(F)(F)C(F)(F)C(F)(F)C(F)(F)OC(F)=C(F)F. The van der Waals surface area contributed by atoms with Crippen LogP contribution in [0.5, 0.6) is 0 Å². The fraction of sp³-hybridized carbons (Fsp3) is 0.846. The molecule has 0 rings (SSSR count). The molecule has 0 unspecified atom stereocenters. The molecular formula is C13HF25O4S. The molecule has 0 fully saturated rings. The molecule has 0 saturated heterocycles. The van der Waals surface area contributed by atoms with Crippen molar-refractivity contribution in [1.29, 1.82) is 0 Å². The van der Waals surface area contributed by atoms with Crippen LogP contribution < -0.4 is 0 Å². The van der Waals surface area contributed by atoms with E-state index in [-0.39, 0.29) is 0 Å². The summed E-state index contributed by atoms with van der Waals surface area (Å²) in [5.41, 5.74) is 0. The minimum atomic E-state index is -9.72. The summed E-state index contributed by atoms with van der Waals surface area (Å²) >= 11 is 0. The highest BCUT2D eigenvalue weighted by molar-refractivity contribution is 7.87. The van der Waals surface area contributed by atoms with Crippen molar-refractivity contribution in [2.45, 2.75) is 64.7 Å². The number of alkyl halides is 22. The Labute approximate surface area is 215 Å². The molecule has 0 saturated carbocycles. The van der Waals surface area contributed by atoms with Crippen molar-refractivity contribution in [1.82, 2.24) is 0 Å². The molecule has 0 aromatic carbocycles. The predicted molar refractivity (Wildman–Crippen MR) is 77.4 cm³/mol. The fourth-order valence-electron chi connectivity index (χ4n) is 2.12. The molecule has 0 aromatic heterocycles. The second-order valence-corrected chi connectivity index (χ2v) is 8.78. The first-order chi connectivity index (χ1) is 18.1. The zero-order valence-corrected chi connectivity index (χ0v) is 18.8. The van der Waals surface area contributed by atoms with Gasteiger partial charge in [-0.05, 0) is 0 Å². The molecular weight excluding hydrogens is 727 g/mol. The Morgan fingerprint density at radius 3 is 0.837 bits per heavy atom. The van der Waals surface area contributed by atoms with Gasteiger partial charge in [-0.25, -0.2) is 0 Å². The summed E-state index contributed by atoms with van der Waals surface area (Å²) in [5, 5.41) is -8.21. The molecule has 43 heavy (non-hydrogen) atoms. The van der Waals surface area contributed by atoms with Crippen LogP contribution in [0, 0.1) is 0 Å². The van der Waals surface area contributed by atoms with E-state index in [0.717, 1.165) is 0 Å². The van der Waals surface area contributed by atoms with Crippen LogP contribution in [0.1, 0.15) is 0 Å². The van der Waals surface area contributed by atoms with Crippen molar-refractivity contribution in [3.8, 4) is 0 Å². The molecule has 0 spiro atoms. The number of hydrogen-bond acceptors (Lipinski definition) is 3. The third-order valence-corrected chi connectivity index (χ3v) is 5.48. The molecule has 0 radical (unpaired) electrons. The minimum Gasteiger partial charge on any atom is -0.397 e. The van der Waals surface area contributed by atoms with Crippen molar-refractivity contribution in [2.24, 2.45) is 0 Å². The summed E-state index contributed by atoms with van der Waals surface area (Å²) in [6, 6.07) is -4.43. The number of hydrogen-bond donors (Lipinski definition) is 1. The lowest BCUT2D eigenvalue weighted by Crippen LogP contribution is -2.78. The second-order valence-electron chi connectivity index (χ2n) is 7.31. The Morgan fingerprint density at radius 2 is 0.628 bits per heavy atom. The van der Waals surface area contributed by atoms with Gasteiger partial charge in [-0.15, -0.1) is 0 Å². The molecule has 0 aliphatic rings. The molecule has 30 heteroatoms. The maximum atomic E-state index is 13.6. The molecule has 0 aliphatic heterocycles. The van der Waals surface area contributed by atoms with Gasteiger partial charge in [0, 0.05) is 0 Å². The van der Waals surface area contributed by atoms with E-state index in [1.807, 2.05) is 0 Å². The Hall–Kier alpha value is -2.30. The first-order valence-electron chi connectivity index (χ1n) is 8.60. The van der Waals surface area contributed by atoms with Gasteiger partial charge in [-0.2, -0.15) is 118 Å². The molecule has 0 bridgehead atoms. The highest BCUT2D eigenvalue weighted by Crippen LogP contribution is 2.67. The molecule has 0 aromatic rings. The van der Waals surface area contributed by atoms with Gasteiger partial charge in [-0.3, -0.25) is 4.55 Å². The lowest BCUT2D eigenvalue weighted by atomic mass is 9.86. The van der Waals surface area contributed by atoms with Crippen molar-refractivity contribution in [3.05, 3.63) is 12.1 Å². The van der Waals surface area contributed by atoms with E-state index in [1.165, 1.54) is 4.74 Å². The van der Waals surface area contributed by atoms with Crippen LogP contribution in [-0.2, 0) is 14.9 Å². The van der Waals surface area contributed by atoms with Crippen molar-refractivity contribution >= 4 is 10.1 Å². The highest BCUT2D eigenvalue weighted by Gasteiger charge is 2.99. The largest absolute Gasteiger partial charge is 0.472 e. The van der Waals surface area contributed by atoms with E-state index in [9.17, 15) is 118 Å². The smallest absolute Gasteiger partial charge is 0.397 e. The molecule has 0 amide bonds. The summed E-state index contributed by atoms with van der Waals surface area (Å²) in [5.74, 6) is -84.5. The average molecular weight is 728 g/mol. The van der Waals surface area contributed by atoms with E-state index in [1.54, 1.807) is 0 Å². The van der Waals surface area contributed by atoms with Gasteiger partial charge in [0.2, 0.25) is 0 Å². The topological polar surface area (TPSA) is 63.6 Å². The van der Waals surface area contributed by atoms with Gasteiger partial charge in [-0.1, -0.05) is 0 Å². The van der Waals surface area contributed by atoms with Crippen LogP contribution in [-0.4, -0.2) is 77.6 Å². The van der Waals surface area contributed by atoms with E-state index in [4.69, 9.17) is 4.55 Å². The van der Waals surface area contributed by atoms with Crippen molar-refractivity contribution in [3.63, 3.8) is 0 Å². The van der Waals surface area contributed by atoms with Gasteiger partial charge >= 0.3 is 86.9 Å². The van der Waals surface area contributed by atoms with Crippen molar-refractivity contribution < 1.29 is 127 Å². The first-order valence-corrected chi connectivity index (χ1v) is 10.0. The van der Waals surface area contributed by atoms with Crippen LogP contribution in [0.2, 0.25) is 0 Å². The van der Waals surface area contributed by atoms with Gasteiger partial charge in [0.05, 0.1) is 0 Å². The lowest BCUT2D eigenvalue weighted by molar-refractivity contribution is -0.482. The number of ether oxygens (including phenoxy) is 1. The summed E-state index contributed by atoms with van der Waals surface area (Å²) in [6.45, 7) is 0. The molecule has 1 N–H and O–H groups in total. The van der Waals surface area contributed by atoms with Crippen LogP contribution in [0.4, 0.5) is 110 Å². The Bertz CT molecular complexity index is 1200. The van der Waals surface area contributed by atoms with E-state index >= 15 is 0 Å². The maximum absolute atomic E-state index is 13.6. The summed E-state index contributed by atoms with van der Waals surface area (Å²) in [6.07, 6.45) is -12.4. The van der Waals surface area contributed by atoms with E-state index in [0.29, 0.717) is 0 Å². The van der Waals surface area contributed by atoms with E-state index < -0.39 is 86.9 Å². The standard InChI is InChI=1S/C13HF25O4S/c14-1(15)2(16)42-12(35,36)10(31,32)8(27,28)6(23,24)4(19,20)3(17,18)5(21,22)7(25,26)9(29,30)11(33,34)13(37,38)43(39,40)41/h(H,39,40,41). The van der Waals surface area contributed by atoms with Gasteiger partial charge in [0.25, 0.3) is 0 Å². The van der Waals surface area contributed by atoms with Crippen LogP contribution in [0.3, 0.4) is 0 Å². The Balaban J connectivity index is 7.39. The third kappa shape index (κ3) is 5.05. The minimum absolute atomic E-state index is 1.45. The van der Waals surface area contributed by atoms with Crippen LogP contribution >= 0.6 is 0 Å². The lowest BCUT2D eigenvalue weighted by Gasteiger charge is -2.45. The molecule has 0 atom stereocenters. The van der Waals surface area contributed by atoms with Crippen molar-refractivity contribution in [2.75, 3.05) is 0 Å². The van der Waals surface area contributed by atoms with Gasteiger partial charge in [0.1, 0.15) is 0 Å². The second kappa shape index (κ2) is 10.1. The highest BCUT2D eigenvalue weighted by atomic mass is 32.2. The van der Waals surface area contributed by atoms with E-state index in [2.05, 4.69) is 0 Å². The summed E-state index contributed by atoms with van der Waals surface area (Å²) in [7, 11) is -8.24. The third-order valence-electron chi connectivity index (χ3n) is 4.58. The zero-order chi connectivity index (χ0) is 35.9. The molecule has 258 valence electrons. The monoisotopic (exact) mass is 728 g/mol. The Morgan fingerprint density at radius 1 is 0.419 bits per heavy atom. The molecule has 0 heterocycles. The molecule has 0 aliphatic carbocycles. The normalized spacial score (nSPS) is 16.3. The maximum Gasteiger partial charge on any atom is 0.472 e. The van der Waals surface area contributed by atoms with Crippen LogP contribution in [0.25, 0.3) is 0 Å². The summed E-state index contributed by atoms with van der Waals surface area (Å²) in [4.78, 5) is 0. The average Bonchev–Trinajstić information content (AvgIpc) is 2.76. The fourth-order valence-corrected chi connectivity index (χ4v) is 2.58.